The minimum Gasteiger partial charge on any atom is -0.307 e. The molecule has 2 aromatic carbocycles. The minimum atomic E-state index is -3.87. The average Bonchev–Trinajstić information content (AvgIpc) is 2.56. The van der Waals surface area contributed by atoms with Crippen molar-refractivity contribution in [3.8, 4) is 0 Å². The van der Waals surface area contributed by atoms with Gasteiger partial charge < -0.3 is 4.98 Å². The fourth-order valence-corrected chi connectivity index (χ4v) is 3.89. The fourth-order valence-electron chi connectivity index (χ4n) is 2.43. The molecule has 9 heteroatoms. The Morgan fingerprint density at radius 3 is 2.44 bits per heavy atom. The summed E-state index contributed by atoms with van der Waals surface area (Å²) < 4.78 is 27.8. The van der Waals surface area contributed by atoms with Gasteiger partial charge in [-0.15, -0.1) is 0 Å². The normalized spacial score (nSPS) is 11.6. The molecule has 0 amide bonds. The monoisotopic (exact) mass is 423 g/mol. The number of nitrogens with one attached hydrogen (secondary N) is 2. The van der Waals surface area contributed by atoms with Crippen molar-refractivity contribution >= 4 is 42.5 Å². The maximum absolute atomic E-state index is 12.9. The zero-order chi connectivity index (χ0) is 18.4. The van der Waals surface area contributed by atoms with E-state index in [-0.39, 0.29) is 15.8 Å². The molecule has 2 N–H and O–H groups in total. The Balaban J connectivity index is 2.13. The van der Waals surface area contributed by atoms with Gasteiger partial charge in [0.05, 0.1) is 21.5 Å². The van der Waals surface area contributed by atoms with Crippen molar-refractivity contribution in [2.24, 2.45) is 0 Å². The maximum atomic E-state index is 12.9. The topological polar surface area (TPSA) is 103 Å². The first kappa shape index (κ1) is 17.4. The number of rotatable bonds is 3. The molecule has 7 nitrogen and oxygen atoms in total. The Hall–Kier alpha value is -2.39. The molecule has 0 saturated heterocycles. The van der Waals surface area contributed by atoms with Crippen molar-refractivity contribution in [1.82, 2.24) is 9.97 Å². The smallest absolute Gasteiger partial charge is 0.307 e. The summed E-state index contributed by atoms with van der Waals surface area (Å²) in [6.45, 7) is 1.86. The quantitative estimate of drug-likeness (QED) is 0.672. The highest BCUT2D eigenvalue weighted by molar-refractivity contribution is 9.10. The van der Waals surface area contributed by atoms with Crippen molar-refractivity contribution in [2.45, 2.75) is 11.8 Å². The predicted molar refractivity (Wildman–Crippen MR) is 99.7 cm³/mol. The second-order valence-corrected chi connectivity index (χ2v) is 8.35. The Bertz CT molecular complexity index is 1200. The van der Waals surface area contributed by atoms with Crippen molar-refractivity contribution in [1.29, 1.82) is 0 Å². The van der Waals surface area contributed by atoms with Crippen LogP contribution >= 0.6 is 15.9 Å². The molecular weight excluding hydrogens is 410 g/mol. The van der Waals surface area contributed by atoms with Gasteiger partial charge in [0.15, 0.2) is 0 Å². The average molecular weight is 424 g/mol. The SMILES string of the molecule is Cc1cc(N(C)S(=O)(=O)c2ccc3[nH]c(=O)[nH]c(=O)c3c2)ccc1Br. The van der Waals surface area contributed by atoms with Crippen LogP contribution in [0.3, 0.4) is 0 Å². The predicted octanol–water partition coefficient (Wildman–Crippen LogP) is 2.11. The summed E-state index contributed by atoms with van der Waals surface area (Å²) in [5.74, 6) is 0. The van der Waals surface area contributed by atoms with Crippen molar-refractivity contribution in [3.63, 3.8) is 0 Å². The van der Waals surface area contributed by atoms with E-state index in [1.165, 1.54) is 25.2 Å². The molecule has 0 spiro atoms. The summed E-state index contributed by atoms with van der Waals surface area (Å²) in [6, 6.07) is 9.20. The molecule has 0 aliphatic carbocycles. The number of halogens is 1. The summed E-state index contributed by atoms with van der Waals surface area (Å²) in [7, 11) is -2.42. The van der Waals surface area contributed by atoms with E-state index in [2.05, 4.69) is 25.9 Å². The van der Waals surface area contributed by atoms with Crippen molar-refractivity contribution < 1.29 is 8.42 Å². The molecule has 3 aromatic rings. The van der Waals surface area contributed by atoms with Crippen LogP contribution in [0.2, 0.25) is 0 Å². The first-order valence-electron chi connectivity index (χ1n) is 7.21. The van der Waals surface area contributed by atoms with Gasteiger partial charge >= 0.3 is 5.69 Å². The molecule has 0 atom stereocenters. The number of aromatic nitrogens is 2. The van der Waals surface area contributed by atoms with Crippen LogP contribution in [0.4, 0.5) is 5.69 Å². The number of aryl methyl sites for hydroxylation is 1. The van der Waals surface area contributed by atoms with Crippen LogP contribution in [-0.4, -0.2) is 25.4 Å². The van der Waals surface area contributed by atoms with Gasteiger partial charge in [-0.3, -0.25) is 14.1 Å². The third-order valence-corrected chi connectivity index (χ3v) is 6.55. The number of hydrogen-bond donors (Lipinski definition) is 2. The van der Waals surface area contributed by atoms with Crippen LogP contribution in [0.5, 0.6) is 0 Å². The summed E-state index contributed by atoms with van der Waals surface area (Å²) in [4.78, 5) is 27.7. The molecule has 0 fully saturated rings. The molecule has 3 rings (SSSR count). The summed E-state index contributed by atoms with van der Waals surface area (Å²) in [6.07, 6.45) is 0. The molecule has 1 aromatic heterocycles. The molecule has 0 aliphatic rings. The van der Waals surface area contributed by atoms with Gasteiger partial charge in [0, 0.05) is 11.5 Å². The van der Waals surface area contributed by atoms with E-state index in [1.807, 2.05) is 6.92 Å². The second kappa shape index (κ2) is 6.16. The van der Waals surface area contributed by atoms with Crippen molar-refractivity contribution in [3.05, 3.63) is 67.3 Å². The lowest BCUT2D eigenvalue weighted by Crippen LogP contribution is -2.27. The molecule has 0 aliphatic heterocycles. The molecule has 25 heavy (non-hydrogen) atoms. The van der Waals surface area contributed by atoms with Gasteiger partial charge in [0.2, 0.25) is 0 Å². The van der Waals surface area contributed by atoms with Crippen molar-refractivity contribution in [2.75, 3.05) is 11.4 Å². The number of H-pyrrole nitrogens is 2. The highest BCUT2D eigenvalue weighted by Gasteiger charge is 2.22. The van der Waals surface area contributed by atoms with E-state index in [0.29, 0.717) is 5.69 Å². The maximum Gasteiger partial charge on any atom is 0.326 e. The summed E-state index contributed by atoms with van der Waals surface area (Å²) >= 11 is 3.38. The highest BCUT2D eigenvalue weighted by atomic mass is 79.9. The zero-order valence-corrected chi connectivity index (χ0v) is 15.7. The first-order chi connectivity index (χ1) is 11.7. The molecule has 0 bridgehead atoms. The van der Waals surface area contributed by atoms with Crippen LogP contribution in [-0.2, 0) is 10.0 Å². The molecule has 0 saturated carbocycles. The van der Waals surface area contributed by atoms with E-state index in [1.54, 1.807) is 18.2 Å². The third kappa shape index (κ3) is 3.12. The summed E-state index contributed by atoms with van der Waals surface area (Å²) in [5.41, 5.74) is 0.381. The first-order valence-corrected chi connectivity index (χ1v) is 9.45. The van der Waals surface area contributed by atoms with Gasteiger partial charge in [-0.1, -0.05) is 15.9 Å². The van der Waals surface area contributed by atoms with E-state index in [4.69, 9.17) is 0 Å². The van der Waals surface area contributed by atoms with Crippen LogP contribution < -0.4 is 15.6 Å². The number of aromatic amines is 2. The Morgan fingerprint density at radius 2 is 1.76 bits per heavy atom. The van der Waals surface area contributed by atoms with Crippen LogP contribution in [0.25, 0.3) is 10.9 Å². The van der Waals surface area contributed by atoms with Gasteiger partial charge in [-0.05, 0) is 48.9 Å². The standard InChI is InChI=1S/C16H14BrN3O4S/c1-9-7-10(3-5-13(9)17)20(2)25(23,24)11-4-6-14-12(8-11)15(21)19-16(22)18-14/h3-8H,1-2H3,(H2,18,19,21,22). The largest absolute Gasteiger partial charge is 0.326 e. The van der Waals surface area contributed by atoms with E-state index in [9.17, 15) is 18.0 Å². The zero-order valence-electron chi connectivity index (χ0n) is 13.3. The lowest BCUT2D eigenvalue weighted by molar-refractivity contribution is 0.594. The Labute approximate surface area is 151 Å². The third-order valence-electron chi connectivity index (χ3n) is 3.87. The highest BCUT2D eigenvalue weighted by Crippen LogP contribution is 2.27. The van der Waals surface area contributed by atoms with E-state index >= 15 is 0 Å². The van der Waals surface area contributed by atoms with Crippen LogP contribution in [0.1, 0.15) is 5.56 Å². The molecule has 0 radical (unpaired) electrons. The van der Waals surface area contributed by atoms with Gasteiger partial charge in [-0.2, -0.15) is 0 Å². The lowest BCUT2D eigenvalue weighted by atomic mass is 10.2. The van der Waals surface area contributed by atoms with Crippen LogP contribution in [0.15, 0.2) is 55.4 Å². The van der Waals surface area contributed by atoms with E-state index < -0.39 is 21.3 Å². The van der Waals surface area contributed by atoms with Gasteiger partial charge in [-0.25, -0.2) is 13.2 Å². The fraction of sp³-hybridized carbons (Fsp3) is 0.125. The number of fused-ring (bicyclic) bond motifs is 1. The number of sulfonamides is 1. The van der Waals surface area contributed by atoms with Crippen LogP contribution in [0, 0.1) is 6.92 Å². The second-order valence-electron chi connectivity index (χ2n) is 5.52. The molecule has 1 heterocycles. The number of hydrogen-bond acceptors (Lipinski definition) is 4. The Morgan fingerprint density at radius 1 is 1.04 bits per heavy atom. The molecular formula is C16H14BrN3O4S. The molecule has 0 unspecified atom stereocenters. The number of anilines is 1. The summed E-state index contributed by atoms with van der Waals surface area (Å²) in [5, 5.41) is 0.0982. The Kier molecular flexibility index (Phi) is 4.29. The van der Waals surface area contributed by atoms with Gasteiger partial charge in [0.1, 0.15) is 0 Å². The van der Waals surface area contributed by atoms with Gasteiger partial charge in [0.25, 0.3) is 15.6 Å². The minimum absolute atomic E-state index is 0.0411. The number of nitrogens with zero attached hydrogens (tertiary/aromatic N) is 1. The number of benzene rings is 2. The molecule has 130 valence electrons. The van der Waals surface area contributed by atoms with E-state index in [0.717, 1.165) is 14.3 Å². The lowest BCUT2D eigenvalue weighted by Gasteiger charge is -2.20.